The zero-order valence-electron chi connectivity index (χ0n) is 16.3. The van der Waals surface area contributed by atoms with Gasteiger partial charge in [0, 0.05) is 53.4 Å². The number of hydrogen-bond acceptors (Lipinski definition) is 5. The predicted molar refractivity (Wildman–Crippen MR) is 121 cm³/mol. The fourth-order valence-electron chi connectivity index (χ4n) is 3.34. The highest BCUT2D eigenvalue weighted by molar-refractivity contribution is 9.10. The van der Waals surface area contributed by atoms with Crippen molar-refractivity contribution in [2.24, 2.45) is 5.73 Å². The number of ketones is 1. The third-order valence-corrected chi connectivity index (χ3v) is 5.73. The maximum atomic E-state index is 12.7. The zero-order chi connectivity index (χ0) is 21.3. The molecule has 152 valence electrons. The van der Waals surface area contributed by atoms with Gasteiger partial charge in [-0.25, -0.2) is 9.67 Å². The van der Waals surface area contributed by atoms with Gasteiger partial charge in [-0.3, -0.25) is 9.78 Å². The van der Waals surface area contributed by atoms with E-state index in [9.17, 15) is 4.79 Å². The quantitative estimate of drug-likeness (QED) is 0.439. The highest BCUT2D eigenvalue weighted by Crippen LogP contribution is 2.25. The average molecular weight is 485 g/mol. The van der Waals surface area contributed by atoms with Crippen LogP contribution < -0.4 is 5.73 Å². The molecule has 0 unspecified atom stereocenters. The van der Waals surface area contributed by atoms with E-state index in [1.54, 1.807) is 35.5 Å². The van der Waals surface area contributed by atoms with E-state index in [1.807, 2.05) is 25.1 Å². The van der Waals surface area contributed by atoms with Crippen molar-refractivity contribution in [1.29, 1.82) is 0 Å². The van der Waals surface area contributed by atoms with E-state index in [4.69, 9.17) is 17.3 Å². The van der Waals surface area contributed by atoms with Gasteiger partial charge >= 0.3 is 0 Å². The van der Waals surface area contributed by atoms with Gasteiger partial charge in [0.15, 0.2) is 5.82 Å². The van der Waals surface area contributed by atoms with Crippen LogP contribution in [0, 0.1) is 6.92 Å². The average Bonchev–Trinajstić information content (AvgIpc) is 3.19. The summed E-state index contributed by atoms with van der Waals surface area (Å²) in [6, 6.07) is 7.71. The summed E-state index contributed by atoms with van der Waals surface area (Å²) in [5, 5.41) is 5.69. The fraction of sp³-hybridized carbons (Fsp3) is 0.182. The number of aryl methyl sites for hydroxylation is 1. The molecule has 3 aromatic heterocycles. The molecule has 0 saturated carbocycles. The van der Waals surface area contributed by atoms with Crippen molar-refractivity contribution < 1.29 is 4.79 Å². The molecule has 8 heteroatoms. The molecule has 0 radical (unpaired) electrons. The third kappa shape index (κ3) is 4.28. The van der Waals surface area contributed by atoms with Crippen LogP contribution in [-0.2, 0) is 24.2 Å². The fourth-order valence-corrected chi connectivity index (χ4v) is 3.97. The van der Waals surface area contributed by atoms with Crippen LogP contribution in [-0.4, -0.2) is 25.5 Å². The number of nitrogens with two attached hydrogens (primary N) is 1. The maximum absolute atomic E-state index is 12.7. The van der Waals surface area contributed by atoms with Gasteiger partial charge in [0.05, 0.1) is 16.7 Å². The minimum atomic E-state index is 0.0735. The van der Waals surface area contributed by atoms with Crippen molar-refractivity contribution in [3.05, 3.63) is 80.8 Å². The summed E-state index contributed by atoms with van der Waals surface area (Å²) in [5.41, 5.74) is 10.2. The number of nitrogens with zero attached hydrogens (tertiary/aromatic N) is 4. The first-order chi connectivity index (χ1) is 14.4. The highest BCUT2D eigenvalue weighted by atomic mass is 79.9. The van der Waals surface area contributed by atoms with Crippen molar-refractivity contribution >= 4 is 44.2 Å². The van der Waals surface area contributed by atoms with Crippen LogP contribution in [0.3, 0.4) is 0 Å². The van der Waals surface area contributed by atoms with E-state index in [0.717, 1.165) is 37.6 Å². The molecule has 2 N–H and O–H groups in total. The number of carbonyl (C=O) groups is 1. The van der Waals surface area contributed by atoms with Gasteiger partial charge < -0.3 is 5.73 Å². The standard InChI is InChI=1S/C22H19BrClN5O/c1-13-16(11-26-21-3-2-17(23)7-19(13)21)6-18(30)4-14-5-20(24)22(27-9-14)29-12-15(8-25)10-28-29/h2-3,5,7,9-12H,4,6,8,25H2,1H3. The minimum Gasteiger partial charge on any atom is -0.326 e. The summed E-state index contributed by atoms with van der Waals surface area (Å²) >= 11 is 9.88. The van der Waals surface area contributed by atoms with Crippen LogP contribution >= 0.6 is 27.5 Å². The van der Waals surface area contributed by atoms with E-state index >= 15 is 0 Å². The number of fused-ring (bicyclic) bond motifs is 1. The molecule has 0 fully saturated rings. The Bertz CT molecular complexity index is 1250. The number of pyridine rings is 2. The SMILES string of the molecule is Cc1c(CC(=O)Cc2cnc(-n3cc(CN)cn3)c(Cl)c2)cnc2ccc(Br)cc12. The van der Waals surface area contributed by atoms with Crippen LogP contribution in [0.2, 0.25) is 5.02 Å². The second-order valence-electron chi connectivity index (χ2n) is 7.11. The van der Waals surface area contributed by atoms with E-state index in [0.29, 0.717) is 23.8 Å². The van der Waals surface area contributed by atoms with Gasteiger partial charge in [-0.05, 0) is 47.9 Å². The Balaban J connectivity index is 1.51. The number of hydrogen-bond donors (Lipinski definition) is 1. The van der Waals surface area contributed by atoms with Crippen LogP contribution in [0.25, 0.3) is 16.7 Å². The van der Waals surface area contributed by atoms with Gasteiger partial charge in [-0.2, -0.15) is 5.10 Å². The van der Waals surface area contributed by atoms with Gasteiger partial charge in [0.25, 0.3) is 0 Å². The van der Waals surface area contributed by atoms with E-state index in [-0.39, 0.29) is 12.2 Å². The van der Waals surface area contributed by atoms with Crippen molar-refractivity contribution in [3.63, 3.8) is 0 Å². The largest absolute Gasteiger partial charge is 0.326 e. The lowest BCUT2D eigenvalue weighted by Gasteiger charge is -2.10. The highest BCUT2D eigenvalue weighted by Gasteiger charge is 2.13. The van der Waals surface area contributed by atoms with Gasteiger partial charge in [-0.1, -0.05) is 27.5 Å². The lowest BCUT2D eigenvalue weighted by Crippen LogP contribution is -2.09. The molecular weight excluding hydrogens is 466 g/mol. The number of carbonyl (C=O) groups excluding carboxylic acids is 1. The van der Waals surface area contributed by atoms with E-state index < -0.39 is 0 Å². The van der Waals surface area contributed by atoms with E-state index in [1.165, 1.54) is 0 Å². The van der Waals surface area contributed by atoms with Crippen LogP contribution in [0.4, 0.5) is 0 Å². The van der Waals surface area contributed by atoms with Gasteiger partial charge in [0.2, 0.25) is 0 Å². The zero-order valence-corrected chi connectivity index (χ0v) is 18.6. The number of rotatable bonds is 6. The summed E-state index contributed by atoms with van der Waals surface area (Å²) in [4.78, 5) is 21.6. The molecule has 4 aromatic rings. The van der Waals surface area contributed by atoms with Crippen molar-refractivity contribution in [2.75, 3.05) is 0 Å². The summed E-state index contributed by atoms with van der Waals surface area (Å²) in [5.74, 6) is 0.581. The first kappa shape index (κ1) is 20.7. The first-order valence-corrected chi connectivity index (χ1v) is 10.6. The lowest BCUT2D eigenvalue weighted by molar-refractivity contribution is -0.117. The summed E-state index contributed by atoms with van der Waals surface area (Å²) < 4.78 is 2.57. The molecule has 0 saturated heterocycles. The second kappa shape index (κ2) is 8.63. The molecule has 1 aromatic carbocycles. The summed E-state index contributed by atoms with van der Waals surface area (Å²) in [7, 11) is 0. The Morgan fingerprint density at radius 1 is 1.13 bits per heavy atom. The predicted octanol–water partition coefficient (Wildman–Crippen LogP) is 4.35. The number of benzene rings is 1. The van der Waals surface area contributed by atoms with Gasteiger partial charge in [-0.15, -0.1) is 0 Å². The normalized spacial score (nSPS) is 11.2. The van der Waals surface area contributed by atoms with Crippen molar-refractivity contribution in [2.45, 2.75) is 26.3 Å². The minimum absolute atomic E-state index is 0.0735. The molecule has 0 amide bonds. The Morgan fingerprint density at radius 3 is 2.70 bits per heavy atom. The van der Waals surface area contributed by atoms with Crippen molar-refractivity contribution in [1.82, 2.24) is 19.7 Å². The van der Waals surface area contributed by atoms with Crippen LogP contribution in [0.1, 0.15) is 22.3 Å². The molecule has 0 aliphatic heterocycles. The van der Waals surface area contributed by atoms with E-state index in [2.05, 4.69) is 31.0 Å². The second-order valence-corrected chi connectivity index (χ2v) is 8.43. The number of aromatic nitrogens is 4. The number of Topliss-reactive ketones (excluding diaryl/α,β-unsaturated/α-hetero) is 1. The molecule has 0 atom stereocenters. The van der Waals surface area contributed by atoms with Crippen LogP contribution in [0.5, 0.6) is 0 Å². The molecule has 30 heavy (non-hydrogen) atoms. The molecule has 0 bridgehead atoms. The van der Waals surface area contributed by atoms with Crippen molar-refractivity contribution in [3.8, 4) is 5.82 Å². The Hall–Kier alpha value is -2.61. The van der Waals surface area contributed by atoms with Gasteiger partial charge in [0.1, 0.15) is 5.78 Å². The topological polar surface area (TPSA) is 86.7 Å². The molecular formula is C22H19BrClN5O. The molecule has 0 aliphatic carbocycles. The number of halogens is 2. The first-order valence-electron chi connectivity index (χ1n) is 9.38. The smallest absolute Gasteiger partial charge is 0.172 e. The summed E-state index contributed by atoms with van der Waals surface area (Å²) in [6.45, 7) is 2.41. The van der Waals surface area contributed by atoms with Crippen LogP contribution in [0.15, 0.2) is 53.5 Å². The molecule has 0 aliphatic rings. The molecule has 3 heterocycles. The Kier molecular flexibility index (Phi) is 5.94. The molecule has 0 spiro atoms. The molecule has 6 nitrogen and oxygen atoms in total. The Labute approximate surface area is 187 Å². The molecule has 4 rings (SSSR count). The summed E-state index contributed by atoms with van der Waals surface area (Å²) in [6.07, 6.45) is 7.45. The Morgan fingerprint density at radius 2 is 1.97 bits per heavy atom. The monoisotopic (exact) mass is 483 g/mol. The third-order valence-electron chi connectivity index (χ3n) is 4.96. The lowest BCUT2D eigenvalue weighted by atomic mass is 9.99. The maximum Gasteiger partial charge on any atom is 0.172 e.